The molecule has 0 saturated carbocycles. The molecule has 0 aliphatic carbocycles. The van der Waals surface area contributed by atoms with Gasteiger partial charge in [0.1, 0.15) is 0 Å². The van der Waals surface area contributed by atoms with Gasteiger partial charge in [0.25, 0.3) is 5.91 Å². The zero-order chi connectivity index (χ0) is 17.5. The third-order valence-corrected chi connectivity index (χ3v) is 3.92. The van der Waals surface area contributed by atoms with E-state index in [9.17, 15) is 4.79 Å². The predicted octanol–water partition coefficient (Wildman–Crippen LogP) is 4.19. The topological polar surface area (TPSA) is 38.8 Å². The lowest BCUT2D eigenvalue weighted by Crippen LogP contribution is -2.31. The van der Waals surface area contributed by atoms with Gasteiger partial charge < -0.3 is 14.4 Å². The van der Waals surface area contributed by atoms with Crippen LogP contribution in [0.3, 0.4) is 0 Å². The summed E-state index contributed by atoms with van der Waals surface area (Å²) in [5.41, 5.74) is 1.31. The Morgan fingerprint density at radius 2 is 1.92 bits per heavy atom. The summed E-state index contributed by atoms with van der Waals surface area (Å²) >= 11 is 6.15. The smallest absolute Gasteiger partial charge is 0.255 e. The monoisotopic (exact) mass is 345 g/mol. The van der Waals surface area contributed by atoms with Gasteiger partial charge in [-0.25, -0.2) is 0 Å². The first-order chi connectivity index (χ1) is 11.6. The van der Waals surface area contributed by atoms with Gasteiger partial charge in [-0.2, -0.15) is 0 Å². The Bertz CT molecular complexity index is 730. The number of hydrogen-bond acceptors (Lipinski definition) is 3. The number of carbonyl (C=O) groups is 1. The van der Waals surface area contributed by atoms with Crippen LogP contribution in [-0.2, 0) is 6.54 Å². The lowest BCUT2D eigenvalue weighted by atomic mass is 10.1. The molecule has 0 atom stereocenters. The van der Waals surface area contributed by atoms with Crippen molar-refractivity contribution in [1.82, 2.24) is 4.90 Å². The van der Waals surface area contributed by atoms with Gasteiger partial charge in [0.2, 0.25) is 0 Å². The van der Waals surface area contributed by atoms with Crippen molar-refractivity contribution in [3.8, 4) is 11.5 Å². The van der Waals surface area contributed by atoms with E-state index in [-0.39, 0.29) is 5.91 Å². The number of nitrogens with zero attached hydrogens (tertiary/aromatic N) is 1. The fourth-order valence-corrected chi connectivity index (χ4v) is 2.68. The van der Waals surface area contributed by atoms with Crippen molar-refractivity contribution in [2.24, 2.45) is 0 Å². The molecule has 2 rings (SSSR count). The third-order valence-electron chi connectivity index (χ3n) is 3.59. The van der Waals surface area contributed by atoms with Crippen molar-refractivity contribution < 1.29 is 14.3 Å². The SMILES string of the molecule is C=CCN(Cc1cccc(OC)c1OC)C(=O)c1ccccc1Cl. The van der Waals surface area contributed by atoms with Crippen molar-refractivity contribution in [1.29, 1.82) is 0 Å². The number of methoxy groups -OCH3 is 2. The summed E-state index contributed by atoms with van der Waals surface area (Å²) in [7, 11) is 3.16. The molecule has 0 aliphatic rings. The number of benzene rings is 2. The van der Waals surface area contributed by atoms with Gasteiger partial charge in [-0.15, -0.1) is 6.58 Å². The minimum Gasteiger partial charge on any atom is -0.493 e. The van der Waals surface area contributed by atoms with Crippen LogP contribution in [-0.4, -0.2) is 31.6 Å². The molecule has 0 heterocycles. The minimum absolute atomic E-state index is 0.162. The van der Waals surface area contributed by atoms with E-state index < -0.39 is 0 Å². The molecule has 24 heavy (non-hydrogen) atoms. The Morgan fingerprint density at radius 3 is 2.54 bits per heavy atom. The molecular weight excluding hydrogens is 326 g/mol. The Labute approximate surface area is 147 Å². The first-order valence-corrected chi connectivity index (χ1v) is 7.84. The number of rotatable bonds is 7. The standard InChI is InChI=1S/C19H20ClNO3/c1-4-12-21(19(22)15-9-5-6-10-16(15)20)13-14-8-7-11-17(23-2)18(14)24-3/h4-11H,1,12-13H2,2-3H3. The van der Waals surface area contributed by atoms with Crippen LogP contribution >= 0.6 is 11.6 Å². The fraction of sp³-hybridized carbons (Fsp3) is 0.211. The molecule has 4 nitrogen and oxygen atoms in total. The number of carbonyl (C=O) groups excluding carboxylic acids is 1. The first kappa shape index (κ1) is 17.9. The number of para-hydroxylation sites is 1. The molecule has 126 valence electrons. The highest BCUT2D eigenvalue weighted by atomic mass is 35.5. The van der Waals surface area contributed by atoms with Gasteiger partial charge in [-0.05, 0) is 18.2 Å². The predicted molar refractivity (Wildman–Crippen MR) is 95.9 cm³/mol. The van der Waals surface area contributed by atoms with Crippen LogP contribution < -0.4 is 9.47 Å². The zero-order valence-electron chi connectivity index (χ0n) is 13.8. The maximum atomic E-state index is 12.8. The molecule has 0 N–H and O–H groups in total. The Balaban J connectivity index is 2.34. The van der Waals surface area contributed by atoms with Gasteiger partial charge in [-0.1, -0.05) is 41.9 Å². The summed E-state index contributed by atoms with van der Waals surface area (Å²) in [6.45, 7) is 4.48. The maximum absolute atomic E-state index is 12.8. The van der Waals surface area contributed by atoms with E-state index in [1.165, 1.54) is 0 Å². The number of ether oxygens (including phenoxy) is 2. The molecule has 0 aliphatic heterocycles. The van der Waals surface area contributed by atoms with Gasteiger partial charge in [0, 0.05) is 12.1 Å². The summed E-state index contributed by atoms with van der Waals surface area (Å²) in [5, 5.41) is 0.425. The molecule has 1 amide bonds. The van der Waals surface area contributed by atoms with E-state index in [0.29, 0.717) is 35.2 Å². The third kappa shape index (κ3) is 3.89. The molecular formula is C19H20ClNO3. The first-order valence-electron chi connectivity index (χ1n) is 7.47. The maximum Gasteiger partial charge on any atom is 0.255 e. The summed E-state index contributed by atoms with van der Waals surface area (Å²) in [4.78, 5) is 14.5. The Hall–Kier alpha value is -2.46. The van der Waals surface area contributed by atoms with Crippen LogP contribution in [0.15, 0.2) is 55.1 Å². The lowest BCUT2D eigenvalue weighted by Gasteiger charge is -2.23. The molecule has 0 spiro atoms. The van der Waals surface area contributed by atoms with Crippen LogP contribution in [0.2, 0.25) is 5.02 Å². The second kappa shape index (κ2) is 8.41. The quantitative estimate of drug-likeness (QED) is 0.706. The lowest BCUT2D eigenvalue weighted by molar-refractivity contribution is 0.0761. The average molecular weight is 346 g/mol. The summed E-state index contributed by atoms with van der Waals surface area (Å²) < 4.78 is 10.8. The van der Waals surface area contributed by atoms with Crippen molar-refractivity contribution in [3.05, 3.63) is 71.3 Å². The molecule has 0 fully saturated rings. The van der Waals surface area contributed by atoms with Crippen molar-refractivity contribution in [3.63, 3.8) is 0 Å². The molecule has 0 unspecified atom stereocenters. The number of hydrogen-bond donors (Lipinski definition) is 0. The Kier molecular flexibility index (Phi) is 6.27. The summed E-state index contributed by atoms with van der Waals surface area (Å²) in [6.07, 6.45) is 1.68. The highest BCUT2D eigenvalue weighted by Gasteiger charge is 2.20. The molecule has 0 saturated heterocycles. The van der Waals surface area contributed by atoms with E-state index in [4.69, 9.17) is 21.1 Å². The second-order valence-electron chi connectivity index (χ2n) is 5.11. The van der Waals surface area contributed by atoms with Crippen LogP contribution in [0.5, 0.6) is 11.5 Å². The van der Waals surface area contributed by atoms with Crippen molar-refractivity contribution in [2.45, 2.75) is 6.54 Å². The van der Waals surface area contributed by atoms with Crippen LogP contribution in [0.1, 0.15) is 15.9 Å². The van der Waals surface area contributed by atoms with E-state index in [1.807, 2.05) is 18.2 Å². The molecule has 0 bridgehead atoms. The summed E-state index contributed by atoms with van der Waals surface area (Å²) in [5.74, 6) is 1.07. The summed E-state index contributed by atoms with van der Waals surface area (Å²) in [6, 6.07) is 12.6. The van der Waals surface area contributed by atoms with E-state index in [1.54, 1.807) is 49.5 Å². The molecule has 0 aromatic heterocycles. The van der Waals surface area contributed by atoms with Crippen molar-refractivity contribution in [2.75, 3.05) is 20.8 Å². The van der Waals surface area contributed by atoms with Crippen LogP contribution in [0.4, 0.5) is 0 Å². The number of halogens is 1. The zero-order valence-corrected chi connectivity index (χ0v) is 14.5. The molecule has 2 aromatic rings. The highest BCUT2D eigenvalue weighted by Crippen LogP contribution is 2.32. The van der Waals surface area contributed by atoms with Gasteiger partial charge >= 0.3 is 0 Å². The molecule has 2 aromatic carbocycles. The van der Waals surface area contributed by atoms with Gasteiger partial charge in [-0.3, -0.25) is 4.79 Å². The molecule has 0 radical (unpaired) electrons. The normalized spacial score (nSPS) is 10.1. The molecule has 5 heteroatoms. The van der Waals surface area contributed by atoms with E-state index in [0.717, 1.165) is 5.56 Å². The number of amides is 1. The Morgan fingerprint density at radius 1 is 1.17 bits per heavy atom. The minimum atomic E-state index is -0.162. The average Bonchev–Trinajstić information content (AvgIpc) is 2.60. The second-order valence-corrected chi connectivity index (χ2v) is 5.51. The fourth-order valence-electron chi connectivity index (χ4n) is 2.46. The largest absolute Gasteiger partial charge is 0.493 e. The van der Waals surface area contributed by atoms with Gasteiger partial charge in [0.05, 0.1) is 31.4 Å². The highest BCUT2D eigenvalue weighted by molar-refractivity contribution is 6.33. The van der Waals surface area contributed by atoms with Crippen LogP contribution in [0.25, 0.3) is 0 Å². The van der Waals surface area contributed by atoms with E-state index >= 15 is 0 Å². The van der Waals surface area contributed by atoms with Gasteiger partial charge in [0.15, 0.2) is 11.5 Å². The van der Waals surface area contributed by atoms with Crippen molar-refractivity contribution >= 4 is 17.5 Å². The van der Waals surface area contributed by atoms with E-state index in [2.05, 4.69) is 6.58 Å². The van der Waals surface area contributed by atoms with Crippen LogP contribution in [0, 0.1) is 0 Å².